The van der Waals surface area contributed by atoms with E-state index in [1.54, 1.807) is 42.6 Å². The largest absolute Gasteiger partial charge is 0.399 e. The minimum absolute atomic E-state index is 0.0310. The van der Waals surface area contributed by atoms with Gasteiger partial charge in [-0.2, -0.15) is 0 Å². The number of benzene rings is 1. The molecule has 1 amide bonds. The van der Waals surface area contributed by atoms with E-state index in [0.29, 0.717) is 17.1 Å². The van der Waals surface area contributed by atoms with Crippen molar-refractivity contribution in [2.75, 3.05) is 11.1 Å². The molecule has 5 nitrogen and oxygen atoms in total. The number of nitrogens with two attached hydrogens (primary N) is 1. The molecule has 0 saturated heterocycles. The molecule has 5 heteroatoms. The van der Waals surface area contributed by atoms with Crippen LogP contribution in [0.5, 0.6) is 0 Å². The molecule has 2 rings (SSSR count). The smallest absolute Gasteiger partial charge is 0.248 e. The summed E-state index contributed by atoms with van der Waals surface area (Å²) >= 11 is 0. The maximum atomic E-state index is 12.1. The average Bonchev–Trinajstić information content (AvgIpc) is 2.94. The van der Waals surface area contributed by atoms with E-state index in [0.717, 1.165) is 5.56 Å². The van der Waals surface area contributed by atoms with E-state index in [4.69, 9.17) is 5.73 Å². The third kappa shape index (κ3) is 4.57. The van der Waals surface area contributed by atoms with Gasteiger partial charge >= 0.3 is 0 Å². The van der Waals surface area contributed by atoms with Gasteiger partial charge in [0.2, 0.25) is 5.91 Å². The minimum Gasteiger partial charge on any atom is -0.399 e. The predicted octanol–water partition coefficient (Wildman–Crippen LogP) is 3.48. The lowest BCUT2D eigenvalue weighted by Crippen LogP contribution is -2.20. The number of Topliss-reactive ketones (excluding diaryl/α,β-unsaturated/α-hetero) is 1. The Morgan fingerprint density at radius 2 is 1.83 bits per heavy atom. The average molecular weight is 311 g/mol. The van der Waals surface area contributed by atoms with Crippen LogP contribution in [0.4, 0.5) is 11.4 Å². The monoisotopic (exact) mass is 311 g/mol. The first kappa shape index (κ1) is 16.5. The number of nitrogen functional groups attached to an aromatic ring is 1. The van der Waals surface area contributed by atoms with Gasteiger partial charge in [0, 0.05) is 29.1 Å². The van der Waals surface area contributed by atoms with Crippen molar-refractivity contribution in [3.8, 4) is 0 Å². The molecule has 0 aliphatic carbocycles. The molecule has 0 saturated carbocycles. The van der Waals surface area contributed by atoms with Crippen molar-refractivity contribution in [1.29, 1.82) is 0 Å². The second-order valence-corrected chi connectivity index (χ2v) is 6.37. The van der Waals surface area contributed by atoms with Crippen LogP contribution < -0.4 is 11.1 Å². The van der Waals surface area contributed by atoms with Crippen molar-refractivity contribution in [2.45, 2.75) is 20.8 Å². The van der Waals surface area contributed by atoms with E-state index in [-0.39, 0.29) is 11.7 Å². The molecule has 0 atom stereocenters. The van der Waals surface area contributed by atoms with Gasteiger partial charge in [-0.1, -0.05) is 20.8 Å². The van der Waals surface area contributed by atoms with Crippen molar-refractivity contribution in [2.24, 2.45) is 5.41 Å². The van der Waals surface area contributed by atoms with Crippen LogP contribution in [0.1, 0.15) is 36.8 Å². The lowest BCUT2D eigenvalue weighted by molar-refractivity contribution is -0.111. The summed E-state index contributed by atoms with van der Waals surface area (Å²) in [6.45, 7) is 5.60. The number of rotatable bonds is 4. The lowest BCUT2D eigenvalue weighted by atomic mass is 9.89. The van der Waals surface area contributed by atoms with E-state index in [1.165, 1.54) is 6.08 Å². The molecule has 23 heavy (non-hydrogen) atoms. The number of carbonyl (C=O) groups is 2. The molecule has 0 bridgehead atoms. The van der Waals surface area contributed by atoms with Crippen molar-refractivity contribution in [1.82, 2.24) is 4.98 Å². The molecule has 0 radical (unpaired) electrons. The lowest BCUT2D eigenvalue weighted by Gasteiger charge is -2.14. The summed E-state index contributed by atoms with van der Waals surface area (Å²) in [4.78, 5) is 27.0. The van der Waals surface area contributed by atoms with E-state index < -0.39 is 5.41 Å². The number of amides is 1. The van der Waals surface area contributed by atoms with E-state index in [2.05, 4.69) is 10.3 Å². The van der Waals surface area contributed by atoms with Gasteiger partial charge in [0.05, 0.1) is 5.69 Å². The maximum absolute atomic E-state index is 12.1. The third-order valence-electron chi connectivity index (χ3n) is 3.24. The van der Waals surface area contributed by atoms with Crippen LogP contribution in [0.3, 0.4) is 0 Å². The molecule has 120 valence electrons. The highest BCUT2D eigenvalue weighted by Crippen LogP contribution is 2.21. The zero-order valence-corrected chi connectivity index (χ0v) is 13.5. The third-order valence-corrected chi connectivity index (χ3v) is 3.24. The Morgan fingerprint density at radius 1 is 1.17 bits per heavy atom. The predicted molar refractivity (Wildman–Crippen MR) is 93.1 cm³/mol. The summed E-state index contributed by atoms with van der Waals surface area (Å²) in [5.74, 6) is -0.219. The van der Waals surface area contributed by atoms with Crippen LogP contribution >= 0.6 is 0 Å². The van der Waals surface area contributed by atoms with Crippen LogP contribution in [0, 0.1) is 5.41 Å². The molecule has 0 aliphatic rings. The fourth-order valence-corrected chi connectivity index (χ4v) is 1.96. The van der Waals surface area contributed by atoms with Gasteiger partial charge in [-0.3, -0.25) is 9.59 Å². The second-order valence-electron chi connectivity index (χ2n) is 6.37. The summed E-state index contributed by atoms with van der Waals surface area (Å²) in [6.07, 6.45) is 4.78. The molecule has 2 aromatic rings. The maximum Gasteiger partial charge on any atom is 0.248 e. The number of anilines is 2. The van der Waals surface area contributed by atoms with Crippen LogP contribution in [0.25, 0.3) is 6.08 Å². The number of aromatic nitrogens is 1. The quantitative estimate of drug-likeness (QED) is 0.459. The van der Waals surface area contributed by atoms with Gasteiger partial charge in [0.1, 0.15) is 0 Å². The highest BCUT2D eigenvalue weighted by atomic mass is 16.1. The normalized spacial score (nSPS) is 11.6. The van der Waals surface area contributed by atoms with Gasteiger partial charge in [0.15, 0.2) is 5.78 Å². The Morgan fingerprint density at radius 3 is 2.43 bits per heavy atom. The van der Waals surface area contributed by atoms with Gasteiger partial charge in [-0.15, -0.1) is 0 Å². The summed E-state index contributed by atoms with van der Waals surface area (Å²) in [6, 6.07) is 8.64. The zero-order valence-electron chi connectivity index (χ0n) is 13.5. The van der Waals surface area contributed by atoms with E-state index in [1.807, 2.05) is 20.8 Å². The summed E-state index contributed by atoms with van der Waals surface area (Å²) in [7, 11) is 0. The Kier molecular flexibility index (Phi) is 4.69. The molecule has 1 heterocycles. The number of ketones is 1. The number of nitrogens with one attached hydrogen (secondary N) is 2. The first-order valence-corrected chi connectivity index (χ1v) is 7.33. The van der Waals surface area contributed by atoms with Crippen LogP contribution in [0.15, 0.2) is 42.6 Å². The minimum atomic E-state index is -0.446. The van der Waals surface area contributed by atoms with Gasteiger partial charge in [-0.25, -0.2) is 0 Å². The highest BCUT2D eigenvalue weighted by molar-refractivity contribution is 6.02. The van der Waals surface area contributed by atoms with Crippen LogP contribution in [0.2, 0.25) is 0 Å². The summed E-state index contributed by atoms with van der Waals surface area (Å²) in [5.41, 5.74) is 7.77. The zero-order chi connectivity index (χ0) is 17.0. The summed E-state index contributed by atoms with van der Waals surface area (Å²) < 4.78 is 0. The Balaban J connectivity index is 2.00. The SMILES string of the molecule is CC(C)(C)C(=O)c1cc(/C=C/C(=O)Nc2ccc(N)cc2)c[nH]1. The van der Waals surface area contributed by atoms with Crippen molar-refractivity contribution < 1.29 is 9.59 Å². The standard InChI is InChI=1S/C18H21N3O2/c1-18(2,3)17(23)15-10-12(11-20-15)4-9-16(22)21-14-7-5-13(19)6-8-14/h4-11,20H,19H2,1-3H3,(H,21,22)/b9-4+. The molecular weight excluding hydrogens is 290 g/mol. The van der Waals surface area contributed by atoms with Crippen LogP contribution in [-0.4, -0.2) is 16.7 Å². The second kappa shape index (κ2) is 6.52. The number of hydrogen-bond acceptors (Lipinski definition) is 3. The van der Waals surface area contributed by atoms with Crippen molar-refractivity contribution >= 4 is 29.1 Å². The van der Waals surface area contributed by atoms with E-state index in [9.17, 15) is 9.59 Å². The molecule has 4 N–H and O–H groups in total. The number of hydrogen-bond donors (Lipinski definition) is 3. The first-order valence-electron chi connectivity index (χ1n) is 7.33. The molecule has 1 aromatic heterocycles. The topological polar surface area (TPSA) is 88.0 Å². The fraction of sp³-hybridized carbons (Fsp3) is 0.222. The number of aromatic amines is 1. The molecular formula is C18H21N3O2. The first-order chi connectivity index (χ1) is 10.8. The number of H-pyrrole nitrogens is 1. The molecule has 0 fully saturated rings. The number of carbonyl (C=O) groups excluding carboxylic acids is 2. The molecule has 0 unspecified atom stereocenters. The van der Waals surface area contributed by atoms with Gasteiger partial charge in [0.25, 0.3) is 0 Å². The Hall–Kier alpha value is -2.82. The van der Waals surface area contributed by atoms with Crippen molar-refractivity contribution in [3.05, 3.63) is 53.9 Å². The molecule has 0 spiro atoms. The molecule has 1 aromatic carbocycles. The van der Waals surface area contributed by atoms with Crippen LogP contribution in [-0.2, 0) is 4.79 Å². The van der Waals surface area contributed by atoms with Crippen molar-refractivity contribution in [3.63, 3.8) is 0 Å². The van der Waals surface area contributed by atoms with E-state index >= 15 is 0 Å². The fourth-order valence-electron chi connectivity index (χ4n) is 1.96. The highest BCUT2D eigenvalue weighted by Gasteiger charge is 2.23. The molecule has 0 aliphatic heterocycles. The van der Waals surface area contributed by atoms with Gasteiger partial charge in [-0.05, 0) is 42.0 Å². The van der Waals surface area contributed by atoms with Gasteiger partial charge < -0.3 is 16.0 Å². The Labute approximate surface area is 135 Å². The summed E-state index contributed by atoms with van der Waals surface area (Å²) in [5, 5.41) is 2.73. The Bertz CT molecular complexity index is 734.